The number of amides is 2. The van der Waals surface area contributed by atoms with Gasteiger partial charge in [-0.1, -0.05) is 18.2 Å². The van der Waals surface area contributed by atoms with Crippen molar-refractivity contribution in [2.24, 2.45) is 0 Å². The maximum absolute atomic E-state index is 12.6. The summed E-state index contributed by atoms with van der Waals surface area (Å²) in [5.41, 5.74) is 0.341. The molecule has 0 saturated carbocycles. The molecular formula is C22H25N3O8S. The van der Waals surface area contributed by atoms with Crippen molar-refractivity contribution >= 4 is 33.5 Å². The van der Waals surface area contributed by atoms with E-state index in [0.29, 0.717) is 24.7 Å². The molecule has 0 aliphatic carbocycles. The number of para-hydroxylation sites is 1. The number of rotatable bonds is 10. The quantitative estimate of drug-likeness (QED) is 0.455. The van der Waals surface area contributed by atoms with Crippen LogP contribution in [0.25, 0.3) is 0 Å². The zero-order valence-corrected chi connectivity index (χ0v) is 19.1. The average molecular weight is 492 g/mol. The lowest BCUT2D eigenvalue weighted by Crippen LogP contribution is -2.40. The zero-order chi connectivity index (χ0) is 24.4. The van der Waals surface area contributed by atoms with E-state index < -0.39 is 41.0 Å². The van der Waals surface area contributed by atoms with E-state index in [1.54, 1.807) is 24.3 Å². The summed E-state index contributed by atoms with van der Waals surface area (Å²) in [7, 11) is -3.63. The number of benzene rings is 2. The van der Waals surface area contributed by atoms with E-state index >= 15 is 0 Å². The van der Waals surface area contributed by atoms with E-state index in [1.165, 1.54) is 28.6 Å². The molecule has 2 aromatic carbocycles. The van der Waals surface area contributed by atoms with Crippen LogP contribution in [0.3, 0.4) is 0 Å². The molecule has 182 valence electrons. The maximum atomic E-state index is 12.6. The van der Waals surface area contributed by atoms with E-state index in [1.807, 2.05) is 6.07 Å². The number of hydrogen-bond donors (Lipinski definition) is 2. The Morgan fingerprint density at radius 2 is 1.59 bits per heavy atom. The summed E-state index contributed by atoms with van der Waals surface area (Å²) in [4.78, 5) is 35.6. The van der Waals surface area contributed by atoms with Gasteiger partial charge >= 0.3 is 5.97 Å². The Hall–Kier alpha value is -3.48. The molecular weight excluding hydrogens is 466 g/mol. The number of carbonyl (C=O) groups excluding carboxylic acids is 3. The number of sulfonamides is 1. The van der Waals surface area contributed by atoms with Crippen molar-refractivity contribution in [1.82, 2.24) is 9.62 Å². The van der Waals surface area contributed by atoms with Crippen molar-refractivity contribution in [2.75, 3.05) is 51.4 Å². The van der Waals surface area contributed by atoms with Crippen LogP contribution < -0.4 is 15.4 Å². The summed E-state index contributed by atoms with van der Waals surface area (Å²) >= 11 is 0. The molecule has 0 atom stereocenters. The number of morpholine rings is 1. The number of nitrogens with zero attached hydrogens (tertiary/aromatic N) is 1. The Balaban J connectivity index is 1.37. The number of hydrogen-bond acceptors (Lipinski definition) is 8. The second kappa shape index (κ2) is 12.1. The van der Waals surface area contributed by atoms with Gasteiger partial charge < -0.3 is 24.8 Å². The first-order valence-electron chi connectivity index (χ1n) is 10.4. The molecule has 3 rings (SSSR count). The molecule has 1 aliphatic heterocycles. The molecule has 2 aromatic rings. The topological polar surface area (TPSA) is 140 Å². The second-order valence-electron chi connectivity index (χ2n) is 7.13. The number of ether oxygens (including phenoxy) is 3. The van der Waals surface area contributed by atoms with Gasteiger partial charge in [-0.25, -0.2) is 8.42 Å². The highest BCUT2D eigenvalue weighted by Gasteiger charge is 2.26. The van der Waals surface area contributed by atoms with Gasteiger partial charge in [-0.3, -0.25) is 14.4 Å². The van der Waals surface area contributed by atoms with Crippen molar-refractivity contribution in [3.05, 3.63) is 54.6 Å². The SMILES string of the molecule is O=C(COc1ccccc1)NCC(=O)OCC(=O)Nc1ccc(S(=O)(=O)N2CCOCC2)cc1. The lowest BCUT2D eigenvalue weighted by atomic mass is 10.3. The van der Waals surface area contributed by atoms with Gasteiger partial charge in [0.1, 0.15) is 12.3 Å². The molecule has 34 heavy (non-hydrogen) atoms. The third kappa shape index (κ3) is 7.54. The van der Waals surface area contributed by atoms with E-state index in [9.17, 15) is 22.8 Å². The minimum Gasteiger partial charge on any atom is -0.484 e. The summed E-state index contributed by atoms with van der Waals surface area (Å²) in [6.45, 7) is 0.00426. The Labute approximate surface area is 197 Å². The molecule has 0 bridgehead atoms. The van der Waals surface area contributed by atoms with Crippen LogP contribution in [0.15, 0.2) is 59.5 Å². The van der Waals surface area contributed by atoms with Crippen LogP contribution in [-0.4, -0.2) is 76.6 Å². The van der Waals surface area contributed by atoms with Gasteiger partial charge in [0.05, 0.1) is 18.1 Å². The van der Waals surface area contributed by atoms with Crippen LogP contribution in [0.4, 0.5) is 5.69 Å². The standard InChI is InChI=1S/C22H25N3O8S/c26-20(15-32-18-4-2-1-3-5-18)23-14-22(28)33-16-21(27)24-17-6-8-19(9-7-17)34(29,30)25-10-12-31-13-11-25/h1-9H,10-16H2,(H,23,26)(H,24,27). The smallest absolute Gasteiger partial charge is 0.325 e. The minimum absolute atomic E-state index is 0.103. The Morgan fingerprint density at radius 1 is 0.912 bits per heavy atom. The van der Waals surface area contributed by atoms with Crippen molar-refractivity contribution in [3.8, 4) is 5.75 Å². The lowest BCUT2D eigenvalue weighted by molar-refractivity contribution is -0.147. The highest BCUT2D eigenvalue weighted by molar-refractivity contribution is 7.89. The molecule has 11 nitrogen and oxygen atoms in total. The lowest BCUT2D eigenvalue weighted by Gasteiger charge is -2.26. The van der Waals surface area contributed by atoms with Crippen LogP contribution >= 0.6 is 0 Å². The van der Waals surface area contributed by atoms with Gasteiger partial charge in [0.2, 0.25) is 10.0 Å². The van der Waals surface area contributed by atoms with Crippen LogP contribution in [0, 0.1) is 0 Å². The third-order valence-electron chi connectivity index (χ3n) is 4.65. The summed E-state index contributed by atoms with van der Waals surface area (Å²) in [5, 5.41) is 4.84. The molecule has 1 fully saturated rings. The molecule has 1 heterocycles. The average Bonchev–Trinajstić information content (AvgIpc) is 2.86. The first kappa shape index (κ1) is 25.1. The summed E-state index contributed by atoms with van der Waals surface area (Å²) in [6, 6.07) is 14.4. The molecule has 12 heteroatoms. The number of esters is 1. The van der Waals surface area contributed by atoms with Crippen molar-refractivity contribution in [2.45, 2.75) is 4.90 Å². The van der Waals surface area contributed by atoms with Gasteiger partial charge in [0.25, 0.3) is 11.8 Å². The van der Waals surface area contributed by atoms with Crippen molar-refractivity contribution in [1.29, 1.82) is 0 Å². The molecule has 0 unspecified atom stereocenters. The largest absolute Gasteiger partial charge is 0.484 e. The highest BCUT2D eigenvalue weighted by atomic mass is 32.2. The van der Waals surface area contributed by atoms with Gasteiger partial charge in [0.15, 0.2) is 13.2 Å². The summed E-state index contributed by atoms with van der Waals surface area (Å²) < 4.78 is 41.8. The molecule has 0 aromatic heterocycles. The van der Waals surface area contributed by atoms with Gasteiger partial charge in [-0.2, -0.15) is 4.31 Å². The Morgan fingerprint density at radius 3 is 2.26 bits per heavy atom. The van der Waals surface area contributed by atoms with Crippen LogP contribution in [0.1, 0.15) is 0 Å². The number of carbonyl (C=O) groups is 3. The first-order valence-corrected chi connectivity index (χ1v) is 11.9. The fourth-order valence-corrected chi connectivity index (χ4v) is 4.34. The molecule has 2 amide bonds. The number of nitrogens with one attached hydrogen (secondary N) is 2. The van der Waals surface area contributed by atoms with E-state index in [4.69, 9.17) is 14.2 Å². The molecule has 0 spiro atoms. The first-order chi connectivity index (χ1) is 16.3. The number of anilines is 1. The maximum Gasteiger partial charge on any atom is 0.325 e. The second-order valence-corrected chi connectivity index (χ2v) is 9.07. The minimum atomic E-state index is -3.63. The molecule has 1 aliphatic rings. The highest BCUT2D eigenvalue weighted by Crippen LogP contribution is 2.19. The predicted octanol–water partition coefficient (Wildman–Crippen LogP) is 0.384. The van der Waals surface area contributed by atoms with Gasteiger partial charge in [-0.05, 0) is 36.4 Å². The molecule has 0 radical (unpaired) electrons. The van der Waals surface area contributed by atoms with E-state index in [0.717, 1.165) is 0 Å². The van der Waals surface area contributed by atoms with Crippen LogP contribution in [-0.2, 0) is 33.9 Å². The fourth-order valence-electron chi connectivity index (χ4n) is 2.93. The third-order valence-corrected chi connectivity index (χ3v) is 6.57. The monoisotopic (exact) mass is 491 g/mol. The van der Waals surface area contributed by atoms with Gasteiger partial charge in [0, 0.05) is 18.8 Å². The summed E-state index contributed by atoms with van der Waals surface area (Å²) in [6.07, 6.45) is 0. The Kier molecular flexibility index (Phi) is 8.96. The molecule has 2 N–H and O–H groups in total. The van der Waals surface area contributed by atoms with E-state index in [-0.39, 0.29) is 24.6 Å². The normalized spacial score (nSPS) is 14.1. The fraction of sp³-hybridized carbons (Fsp3) is 0.318. The van der Waals surface area contributed by atoms with Gasteiger partial charge in [-0.15, -0.1) is 0 Å². The van der Waals surface area contributed by atoms with Crippen molar-refractivity contribution in [3.63, 3.8) is 0 Å². The predicted molar refractivity (Wildman–Crippen MR) is 121 cm³/mol. The summed E-state index contributed by atoms with van der Waals surface area (Å²) in [5.74, 6) is -1.41. The van der Waals surface area contributed by atoms with Crippen LogP contribution in [0.2, 0.25) is 0 Å². The Bertz CT molecular complexity index is 1080. The van der Waals surface area contributed by atoms with E-state index in [2.05, 4.69) is 10.6 Å². The van der Waals surface area contributed by atoms with Crippen molar-refractivity contribution < 1.29 is 37.0 Å². The van der Waals surface area contributed by atoms with Crippen LogP contribution in [0.5, 0.6) is 5.75 Å². The molecule has 1 saturated heterocycles. The zero-order valence-electron chi connectivity index (χ0n) is 18.3.